The van der Waals surface area contributed by atoms with Crippen molar-refractivity contribution in [3.63, 3.8) is 0 Å². The van der Waals surface area contributed by atoms with Crippen molar-refractivity contribution in [2.24, 2.45) is 0 Å². The molecule has 108 valence electrons. The smallest absolute Gasteiger partial charge is 0.263 e. The molecule has 6 heteroatoms. The number of nitriles is 1. The van der Waals surface area contributed by atoms with Crippen LogP contribution in [0.3, 0.4) is 0 Å². The molecule has 21 heavy (non-hydrogen) atoms. The van der Waals surface area contributed by atoms with Gasteiger partial charge in [0, 0.05) is 7.05 Å². The monoisotopic (exact) mass is 301 g/mol. The molecule has 0 saturated carbocycles. The second-order valence-corrected chi connectivity index (χ2v) is 6.14. The Labute approximate surface area is 124 Å². The number of rotatable bonds is 4. The Bertz CT molecular complexity index is 808. The van der Waals surface area contributed by atoms with E-state index < -0.39 is 10.0 Å². The summed E-state index contributed by atoms with van der Waals surface area (Å²) in [4.78, 5) is 0.161. The van der Waals surface area contributed by atoms with Crippen LogP contribution in [0, 0.1) is 18.3 Å². The van der Waals surface area contributed by atoms with E-state index in [1.165, 1.54) is 12.1 Å². The van der Waals surface area contributed by atoms with Gasteiger partial charge in [0.1, 0.15) is 4.90 Å². The maximum absolute atomic E-state index is 12.5. The van der Waals surface area contributed by atoms with Crippen LogP contribution in [0.1, 0.15) is 11.1 Å². The van der Waals surface area contributed by atoms with E-state index in [1.54, 1.807) is 44.3 Å². The Balaban J connectivity index is 2.45. The van der Waals surface area contributed by atoms with Crippen LogP contribution in [0.2, 0.25) is 0 Å². The normalized spacial score (nSPS) is 10.7. The molecule has 0 bridgehead atoms. The quantitative estimate of drug-likeness (QED) is 0.909. The number of hydrogen-bond acceptors (Lipinski definition) is 4. The lowest BCUT2D eigenvalue weighted by atomic mass is 10.1. The van der Waals surface area contributed by atoms with Crippen molar-refractivity contribution >= 4 is 21.4 Å². The number of sulfonamides is 1. The molecule has 5 nitrogen and oxygen atoms in total. The van der Waals surface area contributed by atoms with Crippen molar-refractivity contribution in [3.8, 4) is 6.07 Å². The standard InChI is InChI=1S/C15H15N3O2S/c1-11-7-8-12(10-16)9-14(11)18-21(19,20)15-6-4-3-5-13(15)17-2/h3-9,17-18H,1-2H3. The van der Waals surface area contributed by atoms with Gasteiger partial charge in [0.2, 0.25) is 0 Å². The molecule has 0 saturated heterocycles. The number of para-hydroxylation sites is 1. The van der Waals surface area contributed by atoms with Gasteiger partial charge in [-0.3, -0.25) is 4.72 Å². The predicted octanol–water partition coefficient (Wildman–Crippen LogP) is 2.71. The van der Waals surface area contributed by atoms with Crippen LogP contribution < -0.4 is 10.0 Å². The van der Waals surface area contributed by atoms with E-state index in [4.69, 9.17) is 5.26 Å². The maximum atomic E-state index is 12.5. The molecule has 0 aromatic heterocycles. The number of hydrogen-bond donors (Lipinski definition) is 2. The van der Waals surface area contributed by atoms with Gasteiger partial charge in [-0.05, 0) is 36.8 Å². The summed E-state index contributed by atoms with van der Waals surface area (Å²) in [6.45, 7) is 1.78. The second kappa shape index (κ2) is 5.85. The molecule has 2 N–H and O–H groups in total. The molecule has 0 amide bonds. The van der Waals surface area contributed by atoms with E-state index in [2.05, 4.69) is 10.0 Å². The fourth-order valence-corrected chi connectivity index (χ4v) is 3.25. The van der Waals surface area contributed by atoms with E-state index in [0.29, 0.717) is 16.9 Å². The summed E-state index contributed by atoms with van der Waals surface area (Å²) in [5.41, 5.74) is 2.07. The highest BCUT2D eigenvalue weighted by Gasteiger charge is 2.18. The van der Waals surface area contributed by atoms with Crippen molar-refractivity contribution in [2.75, 3.05) is 17.1 Å². The van der Waals surface area contributed by atoms with Gasteiger partial charge in [0.05, 0.1) is 23.0 Å². The van der Waals surface area contributed by atoms with E-state index in [9.17, 15) is 8.42 Å². The van der Waals surface area contributed by atoms with Gasteiger partial charge in [0.15, 0.2) is 0 Å². The zero-order chi connectivity index (χ0) is 15.5. The van der Waals surface area contributed by atoms with Gasteiger partial charge >= 0.3 is 0 Å². The largest absolute Gasteiger partial charge is 0.387 e. The summed E-state index contributed by atoms with van der Waals surface area (Å²) in [6.07, 6.45) is 0. The fourth-order valence-electron chi connectivity index (χ4n) is 1.91. The summed E-state index contributed by atoms with van der Waals surface area (Å²) in [7, 11) is -2.06. The second-order valence-electron chi connectivity index (χ2n) is 4.49. The summed E-state index contributed by atoms with van der Waals surface area (Å²) in [5, 5.41) is 11.8. The SMILES string of the molecule is CNc1ccccc1S(=O)(=O)Nc1cc(C#N)ccc1C. The molecular weight excluding hydrogens is 286 g/mol. The highest BCUT2D eigenvalue weighted by molar-refractivity contribution is 7.92. The zero-order valence-electron chi connectivity index (χ0n) is 11.7. The number of anilines is 2. The predicted molar refractivity (Wildman–Crippen MR) is 82.7 cm³/mol. The molecule has 0 radical (unpaired) electrons. The molecule has 0 fully saturated rings. The molecule has 2 rings (SSSR count). The minimum Gasteiger partial charge on any atom is -0.387 e. The Morgan fingerprint density at radius 2 is 1.81 bits per heavy atom. The first kappa shape index (κ1) is 14.9. The van der Waals surface area contributed by atoms with E-state index in [1.807, 2.05) is 6.07 Å². The van der Waals surface area contributed by atoms with Gasteiger partial charge in [-0.2, -0.15) is 5.26 Å². The van der Waals surface area contributed by atoms with Crippen LogP contribution in [0.5, 0.6) is 0 Å². The highest BCUT2D eigenvalue weighted by Crippen LogP contribution is 2.25. The number of aryl methyl sites for hydroxylation is 1. The van der Waals surface area contributed by atoms with Crippen molar-refractivity contribution < 1.29 is 8.42 Å². The molecule has 0 aliphatic carbocycles. The number of nitrogens with one attached hydrogen (secondary N) is 2. The first-order chi connectivity index (χ1) is 9.97. The first-order valence-corrected chi connectivity index (χ1v) is 7.76. The molecule has 0 unspecified atom stereocenters. The topological polar surface area (TPSA) is 82.0 Å². The van der Waals surface area contributed by atoms with E-state index in [-0.39, 0.29) is 4.90 Å². The summed E-state index contributed by atoms with van der Waals surface area (Å²) >= 11 is 0. The third-order valence-corrected chi connectivity index (χ3v) is 4.48. The minimum atomic E-state index is -3.73. The first-order valence-electron chi connectivity index (χ1n) is 6.28. The van der Waals surface area contributed by atoms with Crippen molar-refractivity contribution in [1.82, 2.24) is 0 Å². The van der Waals surface area contributed by atoms with Gasteiger partial charge < -0.3 is 5.32 Å². The molecule has 0 heterocycles. The molecule has 2 aromatic carbocycles. The third-order valence-electron chi connectivity index (χ3n) is 3.06. The molecule has 0 aliphatic rings. The molecule has 0 atom stereocenters. The van der Waals surface area contributed by atoms with Crippen LogP contribution in [-0.2, 0) is 10.0 Å². The zero-order valence-corrected chi connectivity index (χ0v) is 12.5. The third kappa shape index (κ3) is 3.15. The van der Waals surface area contributed by atoms with Crippen LogP contribution >= 0.6 is 0 Å². The van der Waals surface area contributed by atoms with Gasteiger partial charge in [-0.25, -0.2) is 8.42 Å². The van der Waals surface area contributed by atoms with Crippen molar-refractivity contribution in [3.05, 3.63) is 53.6 Å². The Hall–Kier alpha value is -2.52. The molecular formula is C15H15N3O2S. The average molecular weight is 301 g/mol. The van der Waals surface area contributed by atoms with Crippen LogP contribution in [-0.4, -0.2) is 15.5 Å². The Morgan fingerprint density at radius 3 is 2.48 bits per heavy atom. The lowest BCUT2D eigenvalue weighted by Crippen LogP contribution is -2.15. The van der Waals surface area contributed by atoms with Crippen LogP contribution in [0.15, 0.2) is 47.4 Å². The summed E-state index contributed by atoms with van der Waals surface area (Å²) < 4.78 is 27.5. The lowest BCUT2D eigenvalue weighted by Gasteiger charge is -2.13. The number of nitrogens with zero attached hydrogens (tertiary/aromatic N) is 1. The fraction of sp³-hybridized carbons (Fsp3) is 0.133. The van der Waals surface area contributed by atoms with Gasteiger partial charge in [-0.15, -0.1) is 0 Å². The minimum absolute atomic E-state index is 0.161. The van der Waals surface area contributed by atoms with Crippen molar-refractivity contribution in [2.45, 2.75) is 11.8 Å². The summed E-state index contributed by atoms with van der Waals surface area (Å²) in [5.74, 6) is 0. The van der Waals surface area contributed by atoms with Gasteiger partial charge in [-0.1, -0.05) is 18.2 Å². The summed E-state index contributed by atoms with van der Waals surface area (Å²) in [6, 6.07) is 13.5. The lowest BCUT2D eigenvalue weighted by molar-refractivity contribution is 0.601. The van der Waals surface area contributed by atoms with Crippen molar-refractivity contribution in [1.29, 1.82) is 5.26 Å². The highest BCUT2D eigenvalue weighted by atomic mass is 32.2. The van der Waals surface area contributed by atoms with Gasteiger partial charge in [0.25, 0.3) is 10.0 Å². The van der Waals surface area contributed by atoms with E-state index in [0.717, 1.165) is 5.56 Å². The Kier molecular flexibility index (Phi) is 4.15. The maximum Gasteiger partial charge on any atom is 0.263 e. The van der Waals surface area contributed by atoms with Crippen LogP contribution in [0.25, 0.3) is 0 Å². The average Bonchev–Trinajstić information content (AvgIpc) is 2.49. The number of benzene rings is 2. The van der Waals surface area contributed by atoms with E-state index >= 15 is 0 Å². The Morgan fingerprint density at radius 1 is 1.10 bits per heavy atom. The molecule has 2 aromatic rings. The molecule has 0 spiro atoms. The van der Waals surface area contributed by atoms with Crippen LogP contribution in [0.4, 0.5) is 11.4 Å². The molecule has 0 aliphatic heterocycles.